The minimum absolute atomic E-state index is 0.124. The molecule has 0 fully saturated rings. The van der Waals surface area contributed by atoms with Gasteiger partial charge in [0, 0.05) is 6.42 Å². The molecule has 0 saturated heterocycles. The van der Waals surface area contributed by atoms with E-state index in [4.69, 9.17) is 0 Å². The maximum Gasteiger partial charge on any atom is 0.207 e. The molecule has 0 aliphatic carbocycles. The van der Waals surface area contributed by atoms with Gasteiger partial charge in [0.1, 0.15) is 11.9 Å². The summed E-state index contributed by atoms with van der Waals surface area (Å²) in [6.07, 6.45) is -4.02. The molecule has 7 heteroatoms. The molecule has 1 aromatic carbocycles. The van der Waals surface area contributed by atoms with Crippen molar-refractivity contribution in [1.29, 1.82) is 0 Å². The average Bonchev–Trinajstić information content (AvgIpc) is 2.36. The van der Waals surface area contributed by atoms with Gasteiger partial charge in [-0.2, -0.15) is 0 Å². The van der Waals surface area contributed by atoms with E-state index < -0.39 is 39.7 Å². The number of hydrogen-bond donors (Lipinski definition) is 3. The standard InChI is InChI=1S/C13H18O6S/c1-8-5-3-4-6-11(8)20(18,19)13(17)12(16)10(15)7-9(2)14/h3-6,10,12-13,15-17H,7H2,1-2H3/t10-,12-,13?/m0/s1. The van der Waals surface area contributed by atoms with E-state index in [2.05, 4.69) is 0 Å². The monoisotopic (exact) mass is 302 g/mol. The molecular formula is C13H18O6S. The van der Waals surface area contributed by atoms with Crippen molar-refractivity contribution in [2.75, 3.05) is 0 Å². The van der Waals surface area contributed by atoms with Crippen LogP contribution in [0.4, 0.5) is 0 Å². The molecule has 0 spiro atoms. The summed E-state index contributed by atoms with van der Waals surface area (Å²) < 4.78 is 24.4. The van der Waals surface area contributed by atoms with E-state index in [1.54, 1.807) is 19.1 Å². The zero-order valence-corrected chi connectivity index (χ0v) is 12.0. The fourth-order valence-electron chi connectivity index (χ4n) is 1.79. The van der Waals surface area contributed by atoms with Crippen LogP contribution in [0.25, 0.3) is 0 Å². The lowest BCUT2D eigenvalue weighted by Gasteiger charge is -2.22. The smallest absolute Gasteiger partial charge is 0.207 e. The Bertz CT molecular complexity index is 580. The predicted octanol–water partition coefficient (Wildman–Crippen LogP) is -0.212. The minimum Gasteiger partial charge on any atom is -0.390 e. The molecule has 3 atom stereocenters. The van der Waals surface area contributed by atoms with Crippen molar-refractivity contribution >= 4 is 15.6 Å². The molecule has 20 heavy (non-hydrogen) atoms. The molecule has 3 N–H and O–H groups in total. The van der Waals surface area contributed by atoms with Gasteiger partial charge < -0.3 is 15.3 Å². The second kappa shape index (κ2) is 6.45. The van der Waals surface area contributed by atoms with Crippen molar-refractivity contribution in [3.63, 3.8) is 0 Å². The molecule has 1 unspecified atom stereocenters. The summed E-state index contributed by atoms with van der Waals surface area (Å²) in [7, 11) is -4.22. The topological polar surface area (TPSA) is 112 Å². The highest BCUT2D eigenvalue weighted by Gasteiger charge is 2.36. The number of ketones is 1. The third-order valence-electron chi connectivity index (χ3n) is 2.90. The summed E-state index contributed by atoms with van der Waals surface area (Å²) in [5.74, 6) is -0.419. The molecule has 0 aromatic heterocycles. The van der Waals surface area contributed by atoms with E-state index in [0.717, 1.165) is 0 Å². The Hall–Kier alpha value is -1.28. The Morgan fingerprint density at radius 1 is 1.20 bits per heavy atom. The number of Topliss-reactive ketones (excluding diaryl/α,β-unsaturated/α-hetero) is 1. The molecular weight excluding hydrogens is 284 g/mol. The highest BCUT2D eigenvalue weighted by molar-refractivity contribution is 7.92. The van der Waals surface area contributed by atoms with Crippen LogP contribution in [0.2, 0.25) is 0 Å². The predicted molar refractivity (Wildman–Crippen MR) is 71.7 cm³/mol. The number of rotatable bonds is 6. The molecule has 0 saturated carbocycles. The lowest BCUT2D eigenvalue weighted by atomic mass is 10.1. The Morgan fingerprint density at radius 3 is 2.25 bits per heavy atom. The largest absolute Gasteiger partial charge is 0.390 e. The van der Waals surface area contributed by atoms with Crippen LogP contribution in [0.15, 0.2) is 29.2 Å². The van der Waals surface area contributed by atoms with Gasteiger partial charge in [0.05, 0.1) is 11.0 Å². The summed E-state index contributed by atoms with van der Waals surface area (Å²) in [4.78, 5) is 10.7. The van der Waals surface area contributed by atoms with Crippen LogP contribution < -0.4 is 0 Å². The van der Waals surface area contributed by atoms with Crippen molar-refractivity contribution in [3.8, 4) is 0 Å². The fraction of sp³-hybridized carbons (Fsp3) is 0.462. The number of aliphatic hydroxyl groups is 3. The van der Waals surface area contributed by atoms with Crippen LogP contribution in [0.1, 0.15) is 18.9 Å². The van der Waals surface area contributed by atoms with Crippen molar-refractivity contribution < 1.29 is 28.5 Å². The van der Waals surface area contributed by atoms with Crippen LogP contribution in [0, 0.1) is 6.92 Å². The third-order valence-corrected chi connectivity index (χ3v) is 4.89. The van der Waals surface area contributed by atoms with Crippen LogP contribution in [0.3, 0.4) is 0 Å². The molecule has 0 heterocycles. The quantitative estimate of drug-likeness (QED) is 0.670. The summed E-state index contributed by atoms with van der Waals surface area (Å²) in [6.45, 7) is 2.75. The lowest BCUT2D eigenvalue weighted by Crippen LogP contribution is -2.43. The van der Waals surface area contributed by atoms with E-state index in [1.165, 1.54) is 19.1 Å². The van der Waals surface area contributed by atoms with E-state index in [9.17, 15) is 28.5 Å². The Morgan fingerprint density at radius 2 is 1.75 bits per heavy atom. The van der Waals surface area contributed by atoms with Crippen LogP contribution in [0.5, 0.6) is 0 Å². The number of carbonyl (C=O) groups is 1. The highest BCUT2D eigenvalue weighted by atomic mass is 32.2. The third kappa shape index (κ3) is 3.63. The number of carbonyl (C=O) groups excluding carboxylic acids is 1. The summed E-state index contributed by atoms with van der Waals surface area (Å²) in [5, 5.41) is 29.0. The first-order valence-corrected chi connectivity index (χ1v) is 7.55. The van der Waals surface area contributed by atoms with Crippen LogP contribution in [-0.4, -0.2) is 47.2 Å². The summed E-state index contributed by atoms with van der Waals surface area (Å²) in [5.41, 5.74) is -1.78. The van der Waals surface area contributed by atoms with Crippen LogP contribution >= 0.6 is 0 Å². The van der Waals surface area contributed by atoms with Gasteiger partial charge in [-0.25, -0.2) is 8.42 Å². The molecule has 112 valence electrons. The SMILES string of the molecule is CC(=O)C[C@H](O)[C@H](O)C(O)S(=O)(=O)c1ccccc1C. The van der Waals surface area contributed by atoms with Gasteiger partial charge in [-0.3, -0.25) is 4.79 Å². The van der Waals surface area contributed by atoms with Gasteiger partial charge in [-0.1, -0.05) is 18.2 Å². The first kappa shape index (κ1) is 16.8. The molecule has 0 aliphatic rings. The molecule has 0 radical (unpaired) electrons. The highest BCUT2D eigenvalue weighted by Crippen LogP contribution is 2.22. The van der Waals surface area contributed by atoms with Crippen LogP contribution in [-0.2, 0) is 14.6 Å². The maximum absolute atomic E-state index is 12.2. The van der Waals surface area contributed by atoms with E-state index in [1.807, 2.05) is 0 Å². The summed E-state index contributed by atoms with van der Waals surface area (Å²) in [6, 6.07) is 5.99. The molecule has 0 bridgehead atoms. The Balaban J connectivity index is 3.04. The van der Waals surface area contributed by atoms with Crippen molar-refractivity contribution in [2.24, 2.45) is 0 Å². The lowest BCUT2D eigenvalue weighted by molar-refractivity contribution is -0.121. The normalized spacial score (nSPS) is 16.4. The second-order valence-electron chi connectivity index (χ2n) is 4.67. The molecule has 6 nitrogen and oxygen atoms in total. The zero-order chi connectivity index (χ0) is 15.5. The number of benzene rings is 1. The molecule has 1 aromatic rings. The first-order chi connectivity index (χ1) is 9.17. The van der Waals surface area contributed by atoms with Gasteiger partial charge in [0.15, 0.2) is 5.44 Å². The number of sulfone groups is 1. The van der Waals surface area contributed by atoms with Gasteiger partial charge in [0.2, 0.25) is 9.84 Å². The maximum atomic E-state index is 12.2. The van der Waals surface area contributed by atoms with Gasteiger partial charge in [-0.05, 0) is 25.5 Å². The van der Waals surface area contributed by atoms with Crippen molar-refractivity contribution in [1.82, 2.24) is 0 Å². The van der Waals surface area contributed by atoms with Gasteiger partial charge in [0.25, 0.3) is 0 Å². The molecule has 0 aliphatic heterocycles. The molecule has 0 amide bonds. The fourth-order valence-corrected chi connectivity index (χ4v) is 3.39. The van der Waals surface area contributed by atoms with Crippen molar-refractivity contribution in [2.45, 2.75) is 42.8 Å². The van der Waals surface area contributed by atoms with Gasteiger partial charge in [-0.15, -0.1) is 0 Å². The van der Waals surface area contributed by atoms with E-state index in [0.29, 0.717) is 5.56 Å². The first-order valence-electron chi connectivity index (χ1n) is 6.01. The Kier molecular flexibility index (Phi) is 5.41. The Labute approximate surface area is 117 Å². The van der Waals surface area contributed by atoms with Crippen molar-refractivity contribution in [3.05, 3.63) is 29.8 Å². The average molecular weight is 302 g/mol. The molecule has 1 rings (SSSR count). The number of aryl methyl sites for hydroxylation is 1. The van der Waals surface area contributed by atoms with E-state index in [-0.39, 0.29) is 4.90 Å². The number of aliphatic hydroxyl groups excluding tert-OH is 3. The second-order valence-corrected chi connectivity index (χ2v) is 6.68. The van der Waals surface area contributed by atoms with Gasteiger partial charge >= 0.3 is 0 Å². The zero-order valence-electron chi connectivity index (χ0n) is 11.2. The minimum atomic E-state index is -4.22. The summed E-state index contributed by atoms with van der Waals surface area (Å²) >= 11 is 0. The number of hydrogen-bond acceptors (Lipinski definition) is 6. The van der Waals surface area contributed by atoms with E-state index >= 15 is 0 Å².